The van der Waals surface area contributed by atoms with Crippen LogP contribution in [0.1, 0.15) is 49.5 Å². The molecule has 18 heavy (non-hydrogen) atoms. The summed E-state index contributed by atoms with van der Waals surface area (Å²) >= 11 is 1.84. The number of nitrogens with one attached hydrogen (secondary N) is 1. The second-order valence-corrected chi connectivity index (χ2v) is 6.55. The Morgan fingerprint density at radius 1 is 1.33 bits per heavy atom. The van der Waals surface area contributed by atoms with E-state index in [4.69, 9.17) is 0 Å². The first-order valence-electron chi connectivity index (χ1n) is 7.16. The van der Waals surface area contributed by atoms with Gasteiger partial charge in [0.1, 0.15) is 0 Å². The topological polar surface area (TPSA) is 32.3 Å². The summed E-state index contributed by atoms with van der Waals surface area (Å²) in [7, 11) is 0. The summed E-state index contributed by atoms with van der Waals surface area (Å²) < 4.78 is 0. The summed E-state index contributed by atoms with van der Waals surface area (Å²) in [5.41, 5.74) is 1.62. The molecule has 1 aliphatic rings. The number of aryl methyl sites for hydroxylation is 1. The van der Waals surface area contributed by atoms with Gasteiger partial charge in [-0.3, -0.25) is 0 Å². The van der Waals surface area contributed by atoms with Gasteiger partial charge < -0.3 is 10.4 Å². The number of hydrogen-bond acceptors (Lipinski definition) is 3. The molecule has 0 amide bonds. The van der Waals surface area contributed by atoms with Crippen LogP contribution in [0.15, 0.2) is 11.4 Å². The number of hydrogen-bond donors (Lipinski definition) is 2. The first kappa shape index (κ1) is 14.0. The molecular formula is C15H25NOS. The van der Waals surface area contributed by atoms with Crippen LogP contribution in [0.25, 0.3) is 0 Å². The predicted molar refractivity (Wildman–Crippen MR) is 78.0 cm³/mol. The van der Waals surface area contributed by atoms with Gasteiger partial charge in [-0.15, -0.1) is 11.3 Å². The summed E-state index contributed by atoms with van der Waals surface area (Å²) in [4.78, 5) is 1.46. The maximum absolute atomic E-state index is 9.66. The minimum Gasteiger partial charge on any atom is -0.396 e. The normalized spacial score (nSPS) is 19.0. The van der Waals surface area contributed by atoms with Gasteiger partial charge in [0.25, 0.3) is 0 Å². The molecule has 0 bridgehead atoms. The molecule has 2 rings (SSSR count). The maximum Gasteiger partial charge on any atom is 0.0499 e. The summed E-state index contributed by atoms with van der Waals surface area (Å²) in [6, 6.07) is 2.23. The van der Waals surface area contributed by atoms with Crippen LogP contribution >= 0.6 is 11.3 Å². The highest BCUT2D eigenvalue weighted by Gasteiger charge is 2.30. The smallest absolute Gasteiger partial charge is 0.0499 e. The summed E-state index contributed by atoms with van der Waals surface area (Å²) in [5.74, 6) is 0. The highest BCUT2D eigenvalue weighted by Crippen LogP contribution is 2.35. The van der Waals surface area contributed by atoms with Crippen molar-refractivity contribution in [1.82, 2.24) is 5.32 Å². The molecule has 2 nitrogen and oxygen atoms in total. The summed E-state index contributed by atoms with van der Waals surface area (Å²) in [6.07, 6.45) is 7.38. The van der Waals surface area contributed by atoms with E-state index < -0.39 is 0 Å². The first-order valence-corrected chi connectivity index (χ1v) is 8.04. The Labute approximate surface area is 114 Å². The fourth-order valence-corrected chi connectivity index (χ4v) is 3.92. The summed E-state index contributed by atoms with van der Waals surface area (Å²) in [6.45, 7) is 4.47. The Kier molecular flexibility index (Phi) is 5.22. The molecule has 3 heteroatoms. The van der Waals surface area contributed by atoms with E-state index in [0.29, 0.717) is 6.61 Å². The standard InChI is InChI=1S/C15H25NOS/c1-2-13-6-9-18-14(13)10-16-11-15(12-17)7-4-3-5-8-15/h6,9,16-17H,2-5,7-8,10-12H2,1H3. The predicted octanol–water partition coefficient (Wildman–Crippen LogP) is 3.34. The fraction of sp³-hybridized carbons (Fsp3) is 0.733. The van der Waals surface area contributed by atoms with Crippen molar-refractivity contribution in [3.8, 4) is 0 Å². The van der Waals surface area contributed by atoms with E-state index in [-0.39, 0.29) is 5.41 Å². The Balaban J connectivity index is 1.83. The van der Waals surface area contributed by atoms with Crippen molar-refractivity contribution in [1.29, 1.82) is 0 Å². The van der Waals surface area contributed by atoms with E-state index in [2.05, 4.69) is 23.7 Å². The van der Waals surface area contributed by atoms with E-state index in [1.165, 1.54) is 42.5 Å². The van der Waals surface area contributed by atoms with Crippen LogP contribution in [0.2, 0.25) is 0 Å². The number of aliphatic hydroxyl groups is 1. The quantitative estimate of drug-likeness (QED) is 0.828. The molecule has 0 spiro atoms. The molecule has 0 unspecified atom stereocenters. The molecular weight excluding hydrogens is 242 g/mol. The zero-order chi connectivity index (χ0) is 12.8. The molecule has 1 heterocycles. The van der Waals surface area contributed by atoms with Crippen LogP contribution in [-0.2, 0) is 13.0 Å². The number of thiophene rings is 1. The van der Waals surface area contributed by atoms with Crippen molar-refractivity contribution in [2.24, 2.45) is 5.41 Å². The minimum atomic E-state index is 0.155. The molecule has 2 N–H and O–H groups in total. The van der Waals surface area contributed by atoms with E-state index in [9.17, 15) is 5.11 Å². The van der Waals surface area contributed by atoms with Crippen LogP contribution < -0.4 is 5.32 Å². The maximum atomic E-state index is 9.66. The Hall–Kier alpha value is -0.380. The average Bonchev–Trinajstić information content (AvgIpc) is 2.87. The molecule has 1 saturated carbocycles. The van der Waals surface area contributed by atoms with Crippen LogP contribution in [0.4, 0.5) is 0 Å². The average molecular weight is 267 g/mol. The van der Waals surface area contributed by atoms with Gasteiger partial charge >= 0.3 is 0 Å². The Morgan fingerprint density at radius 2 is 2.11 bits per heavy atom. The second kappa shape index (κ2) is 6.69. The van der Waals surface area contributed by atoms with Crippen molar-refractivity contribution in [3.63, 3.8) is 0 Å². The van der Waals surface area contributed by atoms with E-state index in [1.54, 1.807) is 0 Å². The van der Waals surface area contributed by atoms with Gasteiger partial charge in [-0.05, 0) is 36.3 Å². The highest BCUT2D eigenvalue weighted by atomic mass is 32.1. The Morgan fingerprint density at radius 3 is 2.78 bits per heavy atom. The zero-order valence-corrected chi connectivity index (χ0v) is 12.2. The zero-order valence-electron chi connectivity index (χ0n) is 11.4. The van der Waals surface area contributed by atoms with Crippen LogP contribution in [-0.4, -0.2) is 18.3 Å². The van der Waals surface area contributed by atoms with Crippen molar-refractivity contribution < 1.29 is 5.11 Å². The highest BCUT2D eigenvalue weighted by molar-refractivity contribution is 7.10. The molecule has 0 saturated heterocycles. The largest absolute Gasteiger partial charge is 0.396 e. The second-order valence-electron chi connectivity index (χ2n) is 5.54. The third-order valence-corrected chi connectivity index (χ3v) is 5.22. The van der Waals surface area contributed by atoms with Gasteiger partial charge in [0.05, 0.1) is 0 Å². The van der Waals surface area contributed by atoms with Crippen LogP contribution in [0.5, 0.6) is 0 Å². The van der Waals surface area contributed by atoms with Crippen LogP contribution in [0.3, 0.4) is 0 Å². The lowest BCUT2D eigenvalue weighted by Gasteiger charge is -2.35. The fourth-order valence-electron chi connectivity index (χ4n) is 2.97. The van der Waals surface area contributed by atoms with Gasteiger partial charge in [-0.1, -0.05) is 26.2 Å². The van der Waals surface area contributed by atoms with Gasteiger partial charge in [0.2, 0.25) is 0 Å². The third-order valence-electron chi connectivity index (χ3n) is 4.25. The lowest BCUT2D eigenvalue weighted by molar-refractivity contribution is 0.0811. The van der Waals surface area contributed by atoms with E-state index in [1.807, 2.05) is 11.3 Å². The summed E-state index contributed by atoms with van der Waals surface area (Å²) in [5, 5.41) is 15.4. The number of rotatable bonds is 6. The Bertz CT molecular complexity index is 355. The molecule has 0 radical (unpaired) electrons. The van der Waals surface area contributed by atoms with Crippen molar-refractivity contribution in [2.75, 3.05) is 13.2 Å². The molecule has 1 aromatic heterocycles. The van der Waals surface area contributed by atoms with Gasteiger partial charge in [-0.25, -0.2) is 0 Å². The third kappa shape index (κ3) is 3.34. The van der Waals surface area contributed by atoms with Crippen molar-refractivity contribution in [2.45, 2.75) is 52.0 Å². The first-order chi connectivity index (χ1) is 8.79. The molecule has 0 atom stereocenters. The van der Waals surface area contributed by atoms with Gasteiger partial charge in [-0.2, -0.15) is 0 Å². The molecule has 0 aliphatic heterocycles. The molecule has 1 fully saturated rings. The lowest BCUT2D eigenvalue weighted by atomic mass is 9.74. The molecule has 0 aromatic carbocycles. The lowest BCUT2D eigenvalue weighted by Crippen LogP contribution is -2.38. The van der Waals surface area contributed by atoms with Gasteiger partial charge in [0, 0.05) is 30.0 Å². The van der Waals surface area contributed by atoms with E-state index >= 15 is 0 Å². The van der Waals surface area contributed by atoms with E-state index in [0.717, 1.165) is 19.5 Å². The van der Waals surface area contributed by atoms with Gasteiger partial charge in [0.15, 0.2) is 0 Å². The minimum absolute atomic E-state index is 0.155. The van der Waals surface area contributed by atoms with Crippen molar-refractivity contribution in [3.05, 3.63) is 21.9 Å². The SMILES string of the molecule is CCc1ccsc1CNCC1(CO)CCCCC1. The van der Waals surface area contributed by atoms with Crippen molar-refractivity contribution >= 4 is 11.3 Å². The monoisotopic (exact) mass is 267 g/mol. The molecule has 102 valence electrons. The molecule has 1 aliphatic carbocycles. The number of aliphatic hydroxyl groups excluding tert-OH is 1. The van der Waals surface area contributed by atoms with Crippen LogP contribution in [0, 0.1) is 5.41 Å². The molecule has 1 aromatic rings.